The standard InChI is InChI=1S/C16H25N3O3/c1-11(2)7-15(20)19-8-13(9-19)16-17-14(18-22-16)5-6-21-10-12-3-4-12/h11-13H,3-10H2,1-2H3. The minimum absolute atomic E-state index is 0.199. The summed E-state index contributed by atoms with van der Waals surface area (Å²) in [6, 6.07) is 0. The molecule has 0 N–H and O–H groups in total. The highest BCUT2D eigenvalue weighted by Gasteiger charge is 2.35. The van der Waals surface area contributed by atoms with E-state index in [1.165, 1.54) is 12.8 Å². The number of aromatic nitrogens is 2. The van der Waals surface area contributed by atoms with Gasteiger partial charge in [-0.05, 0) is 24.7 Å². The smallest absolute Gasteiger partial charge is 0.233 e. The molecule has 1 saturated carbocycles. The Morgan fingerprint density at radius 2 is 2.18 bits per heavy atom. The molecule has 0 unspecified atom stereocenters. The third kappa shape index (κ3) is 4.06. The van der Waals surface area contributed by atoms with Crippen LogP contribution in [0.4, 0.5) is 0 Å². The number of ether oxygens (including phenoxy) is 1. The fraction of sp³-hybridized carbons (Fsp3) is 0.812. The molecular formula is C16H25N3O3. The predicted octanol–water partition coefficient (Wildman–Crippen LogP) is 2.01. The molecule has 6 heteroatoms. The van der Waals surface area contributed by atoms with Crippen LogP contribution in [0.25, 0.3) is 0 Å². The molecule has 2 fully saturated rings. The summed E-state index contributed by atoms with van der Waals surface area (Å²) in [6.07, 6.45) is 3.92. The van der Waals surface area contributed by atoms with Gasteiger partial charge in [0.2, 0.25) is 11.8 Å². The number of carbonyl (C=O) groups is 1. The van der Waals surface area contributed by atoms with E-state index in [2.05, 4.69) is 24.0 Å². The van der Waals surface area contributed by atoms with Crippen LogP contribution in [0.2, 0.25) is 0 Å². The van der Waals surface area contributed by atoms with Crippen LogP contribution in [0.5, 0.6) is 0 Å². The molecule has 0 spiro atoms. The molecule has 2 aliphatic rings. The van der Waals surface area contributed by atoms with E-state index in [1.807, 2.05) is 4.90 Å². The minimum Gasteiger partial charge on any atom is -0.381 e. The quantitative estimate of drug-likeness (QED) is 0.687. The molecule has 0 aromatic carbocycles. The van der Waals surface area contributed by atoms with Crippen LogP contribution in [0.1, 0.15) is 50.7 Å². The fourth-order valence-corrected chi connectivity index (χ4v) is 2.55. The van der Waals surface area contributed by atoms with Crippen LogP contribution < -0.4 is 0 Å². The summed E-state index contributed by atoms with van der Waals surface area (Å²) >= 11 is 0. The maximum absolute atomic E-state index is 11.9. The second-order valence-corrected chi connectivity index (χ2v) is 6.91. The van der Waals surface area contributed by atoms with E-state index in [-0.39, 0.29) is 11.8 Å². The Bertz CT molecular complexity index is 504. The Balaban J connectivity index is 1.37. The monoisotopic (exact) mass is 307 g/mol. The molecule has 22 heavy (non-hydrogen) atoms. The minimum atomic E-state index is 0.199. The van der Waals surface area contributed by atoms with Crippen LogP contribution in [0.3, 0.4) is 0 Å². The molecule has 1 aromatic heterocycles. The Kier molecular flexibility index (Phi) is 4.76. The van der Waals surface area contributed by atoms with Gasteiger partial charge in [-0.15, -0.1) is 0 Å². The molecule has 6 nitrogen and oxygen atoms in total. The van der Waals surface area contributed by atoms with Gasteiger partial charge in [-0.3, -0.25) is 4.79 Å². The Morgan fingerprint density at radius 3 is 2.86 bits per heavy atom. The molecule has 1 amide bonds. The first-order valence-corrected chi connectivity index (χ1v) is 8.30. The summed E-state index contributed by atoms with van der Waals surface area (Å²) in [4.78, 5) is 18.2. The van der Waals surface area contributed by atoms with E-state index in [4.69, 9.17) is 9.26 Å². The van der Waals surface area contributed by atoms with Gasteiger partial charge in [0.25, 0.3) is 0 Å². The summed E-state index contributed by atoms with van der Waals surface area (Å²) < 4.78 is 10.9. The first kappa shape index (κ1) is 15.5. The first-order chi connectivity index (χ1) is 10.6. The maximum atomic E-state index is 11.9. The lowest BCUT2D eigenvalue weighted by atomic mass is 9.98. The highest BCUT2D eigenvalue weighted by molar-refractivity contribution is 5.77. The van der Waals surface area contributed by atoms with Gasteiger partial charge in [0.05, 0.1) is 12.5 Å². The molecule has 1 aromatic rings. The molecule has 1 aliphatic carbocycles. The molecular weight excluding hydrogens is 282 g/mol. The Hall–Kier alpha value is -1.43. The second kappa shape index (κ2) is 6.77. The van der Waals surface area contributed by atoms with Crippen molar-refractivity contribution in [2.24, 2.45) is 11.8 Å². The number of rotatable bonds is 8. The van der Waals surface area contributed by atoms with Crippen molar-refractivity contribution in [3.63, 3.8) is 0 Å². The Labute approximate surface area is 131 Å². The van der Waals surface area contributed by atoms with Gasteiger partial charge in [-0.25, -0.2) is 0 Å². The molecule has 0 atom stereocenters. The topological polar surface area (TPSA) is 68.5 Å². The molecule has 2 heterocycles. The van der Waals surface area contributed by atoms with Gasteiger partial charge in [-0.2, -0.15) is 4.98 Å². The van der Waals surface area contributed by atoms with E-state index in [1.54, 1.807) is 0 Å². The average Bonchev–Trinajstić information content (AvgIpc) is 3.11. The van der Waals surface area contributed by atoms with Gasteiger partial charge >= 0.3 is 0 Å². The number of carbonyl (C=O) groups excluding carboxylic acids is 1. The highest BCUT2D eigenvalue weighted by atomic mass is 16.5. The van der Waals surface area contributed by atoms with E-state index < -0.39 is 0 Å². The van der Waals surface area contributed by atoms with E-state index in [9.17, 15) is 4.79 Å². The first-order valence-electron chi connectivity index (χ1n) is 8.30. The average molecular weight is 307 g/mol. The van der Waals surface area contributed by atoms with Crippen molar-refractivity contribution in [2.45, 2.75) is 45.4 Å². The van der Waals surface area contributed by atoms with Gasteiger partial charge in [0, 0.05) is 32.5 Å². The predicted molar refractivity (Wildman–Crippen MR) is 80.3 cm³/mol. The molecule has 0 bridgehead atoms. The summed E-state index contributed by atoms with van der Waals surface area (Å²) in [6.45, 7) is 7.03. The van der Waals surface area contributed by atoms with Crippen LogP contribution in [0, 0.1) is 11.8 Å². The lowest BCUT2D eigenvalue weighted by molar-refractivity contribution is -0.136. The van der Waals surface area contributed by atoms with Crippen LogP contribution in [-0.4, -0.2) is 47.3 Å². The van der Waals surface area contributed by atoms with Crippen molar-refractivity contribution < 1.29 is 14.1 Å². The fourth-order valence-electron chi connectivity index (χ4n) is 2.55. The zero-order valence-electron chi connectivity index (χ0n) is 13.5. The van der Waals surface area contributed by atoms with Crippen LogP contribution in [0.15, 0.2) is 4.52 Å². The van der Waals surface area contributed by atoms with E-state index in [0.29, 0.717) is 50.2 Å². The summed E-state index contributed by atoms with van der Waals surface area (Å²) in [5.41, 5.74) is 0. The largest absolute Gasteiger partial charge is 0.381 e. The number of hydrogen-bond donors (Lipinski definition) is 0. The Morgan fingerprint density at radius 1 is 1.41 bits per heavy atom. The van der Waals surface area contributed by atoms with Crippen LogP contribution >= 0.6 is 0 Å². The molecule has 0 radical (unpaired) electrons. The number of amides is 1. The number of hydrogen-bond acceptors (Lipinski definition) is 5. The summed E-state index contributed by atoms with van der Waals surface area (Å²) in [7, 11) is 0. The van der Waals surface area contributed by atoms with Crippen molar-refractivity contribution in [3.8, 4) is 0 Å². The van der Waals surface area contributed by atoms with Gasteiger partial charge in [-0.1, -0.05) is 19.0 Å². The molecule has 122 valence electrons. The summed E-state index contributed by atoms with van der Waals surface area (Å²) in [5, 5.41) is 4.00. The lowest BCUT2D eigenvalue weighted by Gasteiger charge is -2.37. The van der Waals surface area contributed by atoms with Gasteiger partial charge in [0.15, 0.2) is 5.82 Å². The SMILES string of the molecule is CC(C)CC(=O)N1CC(c2nc(CCOCC3CC3)no2)C1. The number of likely N-dealkylation sites (tertiary alicyclic amines) is 1. The third-order valence-corrected chi connectivity index (χ3v) is 4.17. The van der Waals surface area contributed by atoms with Crippen LogP contribution in [-0.2, 0) is 16.0 Å². The third-order valence-electron chi connectivity index (χ3n) is 4.17. The van der Waals surface area contributed by atoms with E-state index in [0.717, 1.165) is 12.5 Å². The molecule has 3 rings (SSSR count). The van der Waals surface area contributed by atoms with Gasteiger partial charge < -0.3 is 14.2 Å². The normalized spacial score (nSPS) is 18.8. The van der Waals surface area contributed by atoms with Crippen molar-refractivity contribution >= 4 is 5.91 Å². The second-order valence-electron chi connectivity index (χ2n) is 6.91. The highest BCUT2D eigenvalue weighted by Crippen LogP contribution is 2.29. The zero-order chi connectivity index (χ0) is 15.5. The lowest BCUT2D eigenvalue weighted by Crippen LogP contribution is -2.48. The van der Waals surface area contributed by atoms with E-state index >= 15 is 0 Å². The molecule has 1 saturated heterocycles. The maximum Gasteiger partial charge on any atom is 0.233 e. The van der Waals surface area contributed by atoms with Crippen molar-refractivity contribution in [1.82, 2.24) is 15.0 Å². The van der Waals surface area contributed by atoms with Crippen molar-refractivity contribution in [2.75, 3.05) is 26.3 Å². The number of nitrogens with zero attached hydrogens (tertiary/aromatic N) is 3. The van der Waals surface area contributed by atoms with Gasteiger partial charge in [0.1, 0.15) is 0 Å². The van der Waals surface area contributed by atoms with Crippen molar-refractivity contribution in [1.29, 1.82) is 0 Å². The molecule has 1 aliphatic heterocycles. The summed E-state index contributed by atoms with van der Waals surface area (Å²) in [5.74, 6) is 2.97. The zero-order valence-corrected chi connectivity index (χ0v) is 13.5. The van der Waals surface area contributed by atoms with Crippen molar-refractivity contribution in [3.05, 3.63) is 11.7 Å².